The summed E-state index contributed by atoms with van der Waals surface area (Å²) in [5.74, 6) is 0.157. The molecule has 1 aromatic carbocycles. The Morgan fingerprint density at radius 1 is 1.10 bits per heavy atom. The van der Waals surface area contributed by atoms with Crippen molar-refractivity contribution >= 4 is 21.4 Å². The number of nitro benzene ring substituents is 1. The Morgan fingerprint density at radius 3 is 2.59 bits per heavy atom. The van der Waals surface area contributed by atoms with Gasteiger partial charge in [-0.05, 0) is 37.8 Å². The standard InChI is InChI=1S/C19H23N5O4S/c25-24(26)16-5-6-18(19(12-16)29(27,28)23-10-1-2-11-23)22-9-3-4-15(13-22)17-7-8-20-14-21-17/h5-8,12,14-15H,1-4,9-11,13H2/t15-/m0/s1. The van der Waals surface area contributed by atoms with Gasteiger partial charge >= 0.3 is 0 Å². The number of anilines is 1. The molecule has 0 bridgehead atoms. The summed E-state index contributed by atoms with van der Waals surface area (Å²) in [6.07, 6.45) is 6.68. The predicted octanol–water partition coefficient (Wildman–Crippen LogP) is 2.55. The molecule has 3 heterocycles. The molecule has 2 aliphatic rings. The molecule has 2 aliphatic heterocycles. The molecule has 4 rings (SSSR count). The van der Waals surface area contributed by atoms with Crippen LogP contribution in [0.3, 0.4) is 0 Å². The van der Waals surface area contributed by atoms with Crippen molar-refractivity contribution in [3.63, 3.8) is 0 Å². The Hall–Kier alpha value is -2.59. The van der Waals surface area contributed by atoms with Crippen molar-refractivity contribution in [3.05, 3.63) is 52.6 Å². The monoisotopic (exact) mass is 417 g/mol. The summed E-state index contributed by atoms with van der Waals surface area (Å²) in [4.78, 5) is 21.1. The molecule has 1 aromatic heterocycles. The Labute approximate surface area is 169 Å². The summed E-state index contributed by atoms with van der Waals surface area (Å²) < 4.78 is 28.0. The maximum Gasteiger partial charge on any atom is 0.270 e. The first-order valence-corrected chi connectivity index (χ1v) is 11.2. The van der Waals surface area contributed by atoms with Crippen LogP contribution in [0.15, 0.2) is 41.7 Å². The molecule has 0 saturated carbocycles. The third-order valence-corrected chi connectivity index (χ3v) is 7.55. The quantitative estimate of drug-likeness (QED) is 0.543. The topological polar surface area (TPSA) is 110 Å². The number of nitro groups is 1. The number of hydrogen-bond donors (Lipinski definition) is 0. The maximum atomic E-state index is 13.3. The average Bonchev–Trinajstić information content (AvgIpc) is 3.30. The number of nitrogens with zero attached hydrogens (tertiary/aromatic N) is 5. The maximum absolute atomic E-state index is 13.3. The van der Waals surface area contributed by atoms with Crippen LogP contribution in [0, 0.1) is 10.1 Å². The van der Waals surface area contributed by atoms with E-state index in [1.807, 2.05) is 11.0 Å². The van der Waals surface area contributed by atoms with E-state index in [9.17, 15) is 18.5 Å². The Balaban J connectivity index is 1.72. The molecule has 9 nitrogen and oxygen atoms in total. The van der Waals surface area contributed by atoms with E-state index in [0.717, 1.165) is 31.4 Å². The molecule has 0 radical (unpaired) electrons. The van der Waals surface area contributed by atoms with E-state index in [0.29, 0.717) is 31.9 Å². The zero-order chi connectivity index (χ0) is 20.4. The number of rotatable bonds is 5. The van der Waals surface area contributed by atoms with E-state index >= 15 is 0 Å². The first-order chi connectivity index (χ1) is 14.0. The Bertz CT molecular complexity index is 993. The van der Waals surface area contributed by atoms with Crippen LogP contribution in [0.4, 0.5) is 11.4 Å². The summed E-state index contributed by atoms with van der Waals surface area (Å²) in [5, 5.41) is 11.3. The third-order valence-electron chi connectivity index (χ3n) is 5.62. The minimum absolute atomic E-state index is 0.0249. The molecule has 1 atom stereocenters. The fourth-order valence-electron chi connectivity index (χ4n) is 4.13. The number of aromatic nitrogens is 2. The minimum atomic E-state index is -3.80. The van der Waals surface area contributed by atoms with Crippen molar-refractivity contribution in [2.75, 3.05) is 31.1 Å². The van der Waals surface area contributed by atoms with E-state index in [4.69, 9.17) is 0 Å². The number of sulfonamides is 1. The van der Waals surface area contributed by atoms with Crippen molar-refractivity contribution < 1.29 is 13.3 Å². The molecule has 0 N–H and O–H groups in total. The molecule has 2 aromatic rings. The lowest BCUT2D eigenvalue weighted by atomic mass is 9.94. The second-order valence-electron chi connectivity index (χ2n) is 7.44. The molecule has 0 spiro atoms. The highest BCUT2D eigenvalue weighted by Crippen LogP contribution is 2.36. The van der Waals surface area contributed by atoms with E-state index in [2.05, 4.69) is 9.97 Å². The van der Waals surface area contributed by atoms with Gasteiger partial charge in [0, 0.05) is 56.1 Å². The van der Waals surface area contributed by atoms with Gasteiger partial charge in [-0.15, -0.1) is 0 Å². The SMILES string of the molecule is O=[N+]([O-])c1ccc(N2CCC[C@H](c3ccncn3)C2)c(S(=O)(=O)N2CCCC2)c1. The predicted molar refractivity (Wildman–Crippen MR) is 107 cm³/mol. The van der Waals surface area contributed by atoms with Crippen LogP contribution in [-0.2, 0) is 10.0 Å². The summed E-state index contributed by atoms with van der Waals surface area (Å²) >= 11 is 0. The van der Waals surface area contributed by atoms with Gasteiger partial charge in [-0.1, -0.05) is 0 Å². The zero-order valence-corrected chi connectivity index (χ0v) is 16.8. The molecule has 154 valence electrons. The van der Waals surface area contributed by atoms with Gasteiger partial charge < -0.3 is 4.90 Å². The second kappa shape index (κ2) is 8.03. The number of benzene rings is 1. The number of non-ortho nitro benzene ring substituents is 1. The summed E-state index contributed by atoms with van der Waals surface area (Å²) in [5.41, 5.74) is 1.24. The number of piperidine rings is 1. The fourth-order valence-corrected chi connectivity index (χ4v) is 5.88. The first-order valence-electron chi connectivity index (χ1n) is 9.76. The van der Waals surface area contributed by atoms with Crippen molar-refractivity contribution in [3.8, 4) is 0 Å². The lowest BCUT2D eigenvalue weighted by Crippen LogP contribution is -2.37. The van der Waals surface area contributed by atoms with Gasteiger partial charge in [-0.25, -0.2) is 18.4 Å². The number of hydrogen-bond acceptors (Lipinski definition) is 7. The van der Waals surface area contributed by atoms with Crippen LogP contribution >= 0.6 is 0 Å². The van der Waals surface area contributed by atoms with Gasteiger partial charge in [0.05, 0.1) is 10.6 Å². The normalized spacial score (nSPS) is 20.7. The molecule has 0 aliphatic carbocycles. The molecule has 29 heavy (non-hydrogen) atoms. The molecule has 2 saturated heterocycles. The van der Waals surface area contributed by atoms with E-state index < -0.39 is 14.9 Å². The van der Waals surface area contributed by atoms with Gasteiger partial charge in [0.1, 0.15) is 11.2 Å². The van der Waals surface area contributed by atoms with Crippen LogP contribution in [0.25, 0.3) is 0 Å². The first kappa shape index (κ1) is 19.7. The Morgan fingerprint density at radius 2 is 1.90 bits per heavy atom. The van der Waals surface area contributed by atoms with Gasteiger partial charge in [0.2, 0.25) is 10.0 Å². The van der Waals surface area contributed by atoms with Crippen molar-refractivity contribution in [2.45, 2.75) is 36.5 Å². The lowest BCUT2D eigenvalue weighted by Gasteiger charge is -2.35. The van der Waals surface area contributed by atoms with Gasteiger partial charge in [-0.3, -0.25) is 10.1 Å². The van der Waals surface area contributed by atoms with Gasteiger partial charge in [-0.2, -0.15) is 4.31 Å². The van der Waals surface area contributed by atoms with Crippen molar-refractivity contribution in [1.29, 1.82) is 0 Å². The molecule has 0 unspecified atom stereocenters. The zero-order valence-electron chi connectivity index (χ0n) is 16.0. The summed E-state index contributed by atoms with van der Waals surface area (Å²) in [7, 11) is -3.80. The lowest BCUT2D eigenvalue weighted by molar-refractivity contribution is -0.385. The molecule has 0 amide bonds. The molecular weight excluding hydrogens is 394 g/mol. The van der Waals surface area contributed by atoms with Crippen molar-refractivity contribution in [1.82, 2.24) is 14.3 Å². The third kappa shape index (κ3) is 3.95. The highest BCUT2D eigenvalue weighted by molar-refractivity contribution is 7.89. The summed E-state index contributed by atoms with van der Waals surface area (Å²) in [6.45, 7) is 2.21. The highest BCUT2D eigenvalue weighted by Gasteiger charge is 2.33. The van der Waals surface area contributed by atoms with Crippen LogP contribution in [0.5, 0.6) is 0 Å². The second-order valence-corrected chi connectivity index (χ2v) is 9.35. The highest BCUT2D eigenvalue weighted by atomic mass is 32.2. The molecular formula is C19H23N5O4S. The minimum Gasteiger partial charge on any atom is -0.370 e. The van der Waals surface area contributed by atoms with Gasteiger partial charge in [0.15, 0.2) is 0 Å². The van der Waals surface area contributed by atoms with Gasteiger partial charge in [0.25, 0.3) is 5.69 Å². The average molecular weight is 417 g/mol. The van der Waals surface area contributed by atoms with Crippen molar-refractivity contribution in [2.24, 2.45) is 0 Å². The Kier molecular flexibility index (Phi) is 5.46. The fraction of sp³-hybridized carbons (Fsp3) is 0.474. The largest absolute Gasteiger partial charge is 0.370 e. The van der Waals surface area contributed by atoms with E-state index in [-0.39, 0.29) is 16.5 Å². The van der Waals surface area contributed by atoms with E-state index in [1.165, 1.54) is 22.8 Å². The summed E-state index contributed by atoms with van der Waals surface area (Å²) in [6, 6.07) is 6.04. The van der Waals surface area contributed by atoms with E-state index in [1.54, 1.807) is 12.3 Å². The van der Waals surface area contributed by atoms with Crippen LogP contribution in [0.1, 0.15) is 37.3 Å². The molecule has 2 fully saturated rings. The smallest absolute Gasteiger partial charge is 0.270 e. The van der Waals surface area contributed by atoms with Crippen LogP contribution < -0.4 is 4.90 Å². The van der Waals surface area contributed by atoms with Crippen LogP contribution in [0.2, 0.25) is 0 Å². The van der Waals surface area contributed by atoms with Crippen LogP contribution in [-0.4, -0.2) is 53.8 Å². The molecule has 10 heteroatoms.